The van der Waals surface area contributed by atoms with Crippen LogP contribution in [0.3, 0.4) is 0 Å². The van der Waals surface area contributed by atoms with Crippen LogP contribution in [0.25, 0.3) is 0 Å². The molecule has 2 aromatic rings. The maximum Gasteiger partial charge on any atom is 0.143 e. The van der Waals surface area contributed by atoms with Gasteiger partial charge in [-0.25, -0.2) is 0 Å². The largest absolute Gasteiger partial charge is 0.366 e. The standard InChI is InChI=1S/C15H18N4/c1-4-14-13(10-19(3)18-14)15(9-16)17-12-7-5-6-11(2)8-12/h5-8,10,15,17H,4H2,1-3H3. The summed E-state index contributed by atoms with van der Waals surface area (Å²) < 4.78 is 1.76. The molecule has 0 radical (unpaired) electrons. The minimum atomic E-state index is -0.370. The minimum absolute atomic E-state index is 0.370. The lowest BCUT2D eigenvalue weighted by Gasteiger charge is -2.13. The third-order valence-corrected chi connectivity index (χ3v) is 3.04. The van der Waals surface area contributed by atoms with E-state index in [1.807, 2.05) is 51.4 Å². The van der Waals surface area contributed by atoms with Crippen LogP contribution in [0, 0.1) is 18.3 Å². The molecule has 4 nitrogen and oxygen atoms in total. The summed E-state index contributed by atoms with van der Waals surface area (Å²) in [5, 5.41) is 17.0. The van der Waals surface area contributed by atoms with Gasteiger partial charge in [0.1, 0.15) is 6.04 Å². The Labute approximate surface area is 113 Å². The Morgan fingerprint density at radius 2 is 2.26 bits per heavy atom. The summed E-state index contributed by atoms with van der Waals surface area (Å²) in [5.74, 6) is 0. The Morgan fingerprint density at radius 3 is 2.89 bits per heavy atom. The van der Waals surface area contributed by atoms with Crippen LogP contribution >= 0.6 is 0 Å². The molecule has 1 N–H and O–H groups in total. The van der Waals surface area contributed by atoms with E-state index in [9.17, 15) is 5.26 Å². The van der Waals surface area contributed by atoms with Gasteiger partial charge >= 0.3 is 0 Å². The third kappa shape index (κ3) is 2.94. The molecule has 1 aromatic heterocycles. The molecule has 0 spiro atoms. The molecule has 0 aliphatic carbocycles. The first-order valence-electron chi connectivity index (χ1n) is 6.39. The third-order valence-electron chi connectivity index (χ3n) is 3.04. The fourth-order valence-corrected chi connectivity index (χ4v) is 2.15. The van der Waals surface area contributed by atoms with Gasteiger partial charge in [0.25, 0.3) is 0 Å². The highest BCUT2D eigenvalue weighted by molar-refractivity contribution is 5.49. The van der Waals surface area contributed by atoms with Crippen molar-refractivity contribution in [2.24, 2.45) is 7.05 Å². The highest BCUT2D eigenvalue weighted by Gasteiger charge is 2.17. The van der Waals surface area contributed by atoms with Crippen LogP contribution in [0.15, 0.2) is 30.5 Å². The van der Waals surface area contributed by atoms with E-state index in [1.165, 1.54) is 5.56 Å². The maximum absolute atomic E-state index is 9.39. The average molecular weight is 254 g/mol. The molecular weight excluding hydrogens is 236 g/mol. The monoisotopic (exact) mass is 254 g/mol. The van der Waals surface area contributed by atoms with E-state index >= 15 is 0 Å². The van der Waals surface area contributed by atoms with Crippen molar-refractivity contribution < 1.29 is 0 Å². The molecule has 4 heteroatoms. The van der Waals surface area contributed by atoms with Crippen LogP contribution in [0.5, 0.6) is 0 Å². The van der Waals surface area contributed by atoms with Gasteiger partial charge in [0.2, 0.25) is 0 Å². The molecule has 1 unspecified atom stereocenters. The number of nitrogens with one attached hydrogen (secondary N) is 1. The molecule has 0 fully saturated rings. The quantitative estimate of drug-likeness (QED) is 0.912. The van der Waals surface area contributed by atoms with Crippen molar-refractivity contribution in [3.8, 4) is 6.07 Å². The summed E-state index contributed by atoms with van der Waals surface area (Å²) in [6, 6.07) is 9.96. The number of aryl methyl sites for hydroxylation is 3. The van der Waals surface area contributed by atoms with Gasteiger partial charge in [0, 0.05) is 24.5 Å². The molecule has 0 bridgehead atoms. The second kappa shape index (κ2) is 5.57. The summed E-state index contributed by atoms with van der Waals surface area (Å²) in [7, 11) is 1.88. The number of rotatable bonds is 4. The minimum Gasteiger partial charge on any atom is -0.366 e. The number of hydrogen-bond acceptors (Lipinski definition) is 3. The summed E-state index contributed by atoms with van der Waals surface area (Å²) in [4.78, 5) is 0. The lowest BCUT2D eigenvalue weighted by molar-refractivity contribution is 0.746. The second-order valence-corrected chi connectivity index (χ2v) is 4.63. The van der Waals surface area contributed by atoms with E-state index in [2.05, 4.69) is 16.5 Å². The molecule has 0 aliphatic heterocycles. The lowest BCUT2D eigenvalue weighted by atomic mass is 10.1. The van der Waals surface area contributed by atoms with Crippen LogP contribution in [-0.4, -0.2) is 9.78 Å². The van der Waals surface area contributed by atoms with Crippen molar-refractivity contribution >= 4 is 5.69 Å². The van der Waals surface area contributed by atoms with E-state index in [1.54, 1.807) is 4.68 Å². The van der Waals surface area contributed by atoms with Gasteiger partial charge in [-0.3, -0.25) is 4.68 Å². The summed E-state index contributed by atoms with van der Waals surface area (Å²) in [6.07, 6.45) is 2.74. The van der Waals surface area contributed by atoms with Gasteiger partial charge < -0.3 is 5.32 Å². The first kappa shape index (κ1) is 13.2. The van der Waals surface area contributed by atoms with E-state index in [4.69, 9.17) is 0 Å². The Morgan fingerprint density at radius 1 is 1.47 bits per heavy atom. The van der Waals surface area contributed by atoms with Crippen molar-refractivity contribution in [2.75, 3.05) is 5.32 Å². The molecule has 19 heavy (non-hydrogen) atoms. The molecule has 98 valence electrons. The van der Waals surface area contributed by atoms with Crippen molar-refractivity contribution in [2.45, 2.75) is 26.3 Å². The van der Waals surface area contributed by atoms with Gasteiger partial charge in [0.15, 0.2) is 0 Å². The predicted octanol–water partition coefficient (Wildman–Crippen LogP) is 2.97. The van der Waals surface area contributed by atoms with Crippen LogP contribution in [0.4, 0.5) is 5.69 Å². The van der Waals surface area contributed by atoms with Crippen molar-refractivity contribution in [3.05, 3.63) is 47.3 Å². The van der Waals surface area contributed by atoms with Crippen LogP contribution in [0.2, 0.25) is 0 Å². The SMILES string of the molecule is CCc1nn(C)cc1C(C#N)Nc1cccc(C)c1. The zero-order chi connectivity index (χ0) is 13.8. The first-order valence-corrected chi connectivity index (χ1v) is 6.39. The zero-order valence-electron chi connectivity index (χ0n) is 11.5. The smallest absolute Gasteiger partial charge is 0.143 e. The summed E-state index contributed by atoms with van der Waals surface area (Å²) in [5.41, 5.74) is 4.05. The maximum atomic E-state index is 9.39. The summed E-state index contributed by atoms with van der Waals surface area (Å²) in [6.45, 7) is 4.08. The van der Waals surface area contributed by atoms with Crippen LogP contribution < -0.4 is 5.32 Å². The van der Waals surface area contributed by atoms with Gasteiger partial charge in [-0.2, -0.15) is 10.4 Å². The zero-order valence-corrected chi connectivity index (χ0v) is 11.5. The van der Waals surface area contributed by atoms with Crippen LogP contribution in [0.1, 0.15) is 29.8 Å². The Kier molecular flexibility index (Phi) is 3.86. The molecule has 2 rings (SSSR count). The van der Waals surface area contributed by atoms with Crippen molar-refractivity contribution in [1.29, 1.82) is 5.26 Å². The number of nitriles is 1. The molecule has 0 saturated carbocycles. The normalized spacial score (nSPS) is 11.9. The predicted molar refractivity (Wildman–Crippen MR) is 75.7 cm³/mol. The number of nitrogens with zero attached hydrogens (tertiary/aromatic N) is 3. The molecule has 1 heterocycles. The van der Waals surface area contributed by atoms with Crippen LogP contribution in [-0.2, 0) is 13.5 Å². The number of anilines is 1. The topological polar surface area (TPSA) is 53.6 Å². The molecule has 1 atom stereocenters. The lowest BCUT2D eigenvalue weighted by Crippen LogP contribution is -2.09. The molecule has 0 aliphatic rings. The number of aromatic nitrogens is 2. The Balaban J connectivity index is 2.28. The Bertz CT molecular complexity index is 607. The van der Waals surface area contributed by atoms with Gasteiger partial charge in [0.05, 0.1) is 11.8 Å². The van der Waals surface area contributed by atoms with Gasteiger partial charge in [-0.15, -0.1) is 0 Å². The summed E-state index contributed by atoms with van der Waals surface area (Å²) >= 11 is 0. The molecule has 0 saturated heterocycles. The molecule has 0 amide bonds. The van der Waals surface area contributed by atoms with E-state index in [0.29, 0.717) is 0 Å². The van der Waals surface area contributed by atoms with Crippen molar-refractivity contribution in [1.82, 2.24) is 9.78 Å². The van der Waals surface area contributed by atoms with E-state index in [0.717, 1.165) is 23.4 Å². The first-order chi connectivity index (χ1) is 9.13. The molecule has 1 aromatic carbocycles. The van der Waals surface area contributed by atoms with E-state index in [-0.39, 0.29) is 6.04 Å². The Hall–Kier alpha value is -2.28. The van der Waals surface area contributed by atoms with Crippen molar-refractivity contribution in [3.63, 3.8) is 0 Å². The fourth-order valence-electron chi connectivity index (χ4n) is 2.15. The number of benzene rings is 1. The number of hydrogen-bond donors (Lipinski definition) is 1. The van der Waals surface area contributed by atoms with Gasteiger partial charge in [-0.05, 0) is 31.0 Å². The van der Waals surface area contributed by atoms with Gasteiger partial charge in [-0.1, -0.05) is 19.1 Å². The second-order valence-electron chi connectivity index (χ2n) is 4.63. The highest BCUT2D eigenvalue weighted by atomic mass is 15.3. The van der Waals surface area contributed by atoms with E-state index < -0.39 is 0 Å². The highest BCUT2D eigenvalue weighted by Crippen LogP contribution is 2.22. The average Bonchev–Trinajstić information content (AvgIpc) is 2.77. The molecular formula is C15H18N4. The fraction of sp³-hybridized carbons (Fsp3) is 0.333.